The fourth-order valence-corrected chi connectivity index (χ4v) is 5.30. The van der Waals surface area contributed by atoms with E-state index < -0.39 is 0 Å². The summed E-state index contributed by atoms with van der Waals surface area (Å²) in [7, 11) is 0. The van der Waals surface area contributed by atoms with E-state index in [1.165, 1.54) is 167 Å². The molecule has 0 fully saturated rings. The molecule has 0 spiro atoms. The predicted octanol–water partition coefficient (Wildman–Crippen LogP) is 11.6. The maximum atomic E-state index is 11.8. The van der Waals surface area contributed by atoms with Crippen LogP contribution in [0.25, 0.3) is 0 Å². The van der Waals surface area contributed by atoms with Crippen molar-refractivity contribution in [1.82, 2.24) is 0 Å². The van der Waals surface area contributed by atoms with Crippen LogP contribution in [0, 0.1) is 5.92 Å². The number of rotatable bonds is 30. The first-order valence-corrected chi connectivity index (χ1v) is 16.7. The van der Waals surface area contributed by atoms with Crippen LogP contribution in [0.4, 0.5) is 0 Å². The number of primary amides is 1. The topological polar surface area (TPSA) is 43.1 Å². The number of carbonyl (C=O) groups is 1. The zero-order chi connectivity index (χ0) is 26.4. The number of hydrogen-bond acceptors (Lipinski definition) is 1. The van der Waals surface area contributed by atoms with E-state index in [9.17, 15) is 4.79 Å². The van der Waals surface area contributed by atoms with Gasteiger partial charge in [-0.05, 0) is 38.5 Å². The van der Waals surface area contributed by atoms with E-state index in [1.807, 2.05) is 0 Å². The maximum Gasteiger partial charge on any atom is 0.220 e. The van der Waals surface area contributed by atoms with Crippen LogP contribution in [0.3, 0.4) is 0 Å². The normalized spacial score (nSPS) is 12.5. The number of unbranched alkanes of at least 4 members (excludes halogenated alkanes) is 23. The van der Waals surface area contributed by atoms with Gasteiger partial charge in [-0.1, -0.05) is 167 Å². The molecular weight excluding hydrogens is 438 g/mol. The third kappa shape index (κ3) is 27.8. The summed E-state index contributed by atoms with van der Waals surface area (Å²) in [4.78, 5) is 11.8. The van der Waals surface area contributed by atoms with Crippen molar-refractivity contribution in [1.29, 1.82) is 0 Å². The molecule has 0 saturated carbocycles. The van der Waals surface area contributed by atoms with Gasteiger partial charge in [-0.2, -0.15) is 0 Å². The van der Waals surface area contributed by atoms with Crippen LogP contribution in [-0.2, 0) is 4.79 Å². The van der Waals surface area contributed by atoms with Crippen LogP contribution in [0.5, 0.6) is 0 Å². The van der Waals surface area contributed by atoms with E-state index in [0.29, 0.717) is 0 Å². The lowest BCUT2D eigenvalue weighted by Gasteiger charge is -2.13. The maximum absolute atomic E-state index is 11.8. The van der Waals surface area contributed by atoms with Crippen molar-refractivity contribution in [2.45, 2.75) is 194 Å². The summed E-state index contributed by atoms with van der Waals surface area (Å²) in [5.74, 6) is 0.0557. The fraction of sp³-hybridized carbons (Fsp3) is 0.912. The van der Waals surface area contributed by atoms with Crippen LogP contribution in [0.15, 0.2) is 12.2 Å². The Balaban J connectivity index is 3.42. The molecule has 36 heavy (non-hydrogen) atoms. The summed E-state index contributed by atoms with van der Waals surface area (Å²) < 4.78 is 0. The van der Waals surface area contributed by atoms with Crippen molar-refractivity contribution in [3.05, 3.63) is 12.2 Å². The highest BCUT2D eigenvalue weighted by atomic mass is 16.1. The molecule has 0 saturated heterocycles. The summed E-state index contributed by atoms with van der Waals surface area (Å²) in [5.41, 5.74) is 5.69. The van der Waals surface area contributed by atoms with E-state index in [1.54, 1.807) is 0 Å². The van der Waals surface area contributed by atoms with Gasteiger partial charge in [-0.25, -0.2) is 0 Å². The van der Waals surface area contributed by atoms with Gasteiger partial charge in [0.2, 0.25) is 5.91 Å². The monoisotopic (exact) mass is 506 g/mol. The van der Waals surface area contributed by atoms with Crippen LogP contribution in [-0.4, -0.2) is 5.91 Å². The number of amides is 1. The molecule has 2 nitrogen and oxygen atoms in total. The van der Waals surface area contributed by atoms with Gasteiger partial charge >= 0.3 is 0 Å². The zero-order valence-corrected chi connectivity index (χ0v) is 25.0. The molecule has 0 aromatic rings. The Morgan fingerprint density at radius 1 is 0.472 bits per heavy atom. The van der Waals surface area contributed by atoms with Gasteiger partial charge in [0, 0.05) is 5.92 Å². The van der Waals surface area contributed by atoms with Gasteiger partial charge in [0.1, 0.15) is 0 Å². The van der Waals surface area contributed by atoms with Gasteiger partial charge in [0.05, 0.1) is 0 Å². The quantitative estimate of drug-likeness (QED) is 0.0765. The second-order valence-corrected chi connectivity index (χ2v) is 11.5. The number of hydrogen-bond donors (Lipinski definition) is 1. The van der Waals surface area contributed by atoms with Crippen LogP contribution in [0.1, 0.15) is 194 Å². The molecule has 0 bridgehead atoms. The summed E-state index contributed by atoms with van der Waals surface area (Å²) in [6, 6.07) is 0. The van der Waals surface area contributed by atoms with Gasteiger partial charge in [0.25, 0.3) is 0 Å². The van der Waals surface area contributed by atoms with Crippen LogP contribution < -0.4 is 5.73 Å². The molecule has 1 amide bonds. The highest BCUT2D eigenvalue weighted by Gasteiger charge is 2.14. The third-order valence-electron chi connectivity index (χ3n) is 7.87. The molecule has 0 aliphatic rings. The highest BCUT2D eigenvalue weighted by Crippen LogP contribution is 2.20. The Kier molecular flexibility index (Phi) is 29.8. The average Bonchev–Trinajstić information content (AvgIpc) is 2.87. The minimum Gasteiger partial charge on any atom is -0.369 e. The third-order valence-corrected chi connectivity index (χ3v) is 7.87. The lowest BCUT2D eigenvalue weighted by Crippen LogP contribution is -2.23. The molecule has 2 N–H and O–H groups in total. The summed E-state index contributed by atoms with van der Waals surface area (Å²) >= 11 is 0. The summed E-state index contributed by atoms with van der Waals surface area (Å²) in [6.07, 6.45) is 41.9. The first kappa shape index (κ1) is 35.2. The highest BCUT2D eigenvalue weighted by molar-refractivity contribution is 5.76. The minimum absolute atomic E-state index is 0.0630. The lowest BCUT2D eigenvalue weighted by atomic mass is 9.93. The van der Waals surface area contributed by atoms with Crippen molar-refractivity contribution in [3.8, 4) is 0 Å². The molecule has 0 rings (SSSR count). The van der Waals surface area contributed by atoms with Gasteiger partial charge < -0.3 is 5.73 Å². The molecule has 2 heteroatoms. The Labute approximate surface area is 228 Å². The molecule has 0 aliphatic carbocycles. The smallest absolute Gasteiger partial charge is 0.220 e. The Morgan fingerprint density at radius 3 is 1.06 bits per heavy atom. The van der Waals surface area contributed by atoms with Crippen molar-refractivity contribution in [2.75, 3.05) is 0 Å². The van der Waals surface area contributed by atoms with Crippen molar-refractivity contribution in [3.63, 3.8) is 0 Å². The van der Waals surface area contributed by atoms with E-state index >= 15 is 0 Å². The summed E-state index contributed by atoms with van der Waals surface area (Å²) in [5, 5.41) is 0. The van der Waals surface area contributed by atoms with Gasteiger partial charge in [0.15, 0.2) is 0 Å². The van der Waals surface area contributed by atoms with Gasteiger partial charge in [-0.3, -0.25) is 4.79 Å². The standard InChI is InChI=1S/C34H67NO/c1-3-5-7-9-11-13-15-16-17-18-19-20-21-22-24-26-28-30-32-33(34(35)36)31-29-27-25-23-14-12-10-8-6-4-2/h16-17,33H,3-15,18-32H2,1-2H3,(H2,35,36)/b17-16-. The van der Waals surface area contributed by atoms with E-state index in [4.69, 9.17) is 5.73 Å². The molecule has 1 atom stereocenters. The largest absolute Gasteiger partial charge is 0.369 e. The van der Waals surface area contributed by atoms with E-state index in [2.05, 4.69) is 26.0 Å². The average molecular weight is 506 g/mol. The lowest BCUT2D eigenvalue weighted by molar-refractivity contribution is -0.122. The zero-order valence-electron chi connectivity index (χ0n) is 25.0. The second-order valence-electron chi connectivity index (χ2n) is 11.5. The minimum atomic E-state index is -0.0630. The van der Waals surface area contributed by atoms with Crippen molar-refractivity contribution < 1.29 is 4.79 Å². The molecular formula is C34H67NO. The molecule has 0 aromatic carbocycles. The van der Waals surface area contributed by atoms with Gasteiger partial charge in [-0.15, -0.1) is 0 Å². The second kappa shape index (κ2) is 30.4. The number of carbonyl (C=O) groups excluding carboxylic acids is 1. The SMILES string of the molecule is CCCCCCCC/C=C\CCCCCCCCCCC(CCCCCCCCCCCC)C(N)=O. The molecule has 214 valence electrons. The van der Waals surface area contributed by atoms with Crippen molar-refractivity contribution >= 4 is 5.91 Å². The summed E-state index contributed by atoms with van der Waals surface area (Å²) in [6.45, 7) is 4.56. The van der Waals surface area contributed by atoms with Crippen LogP contribution in [0.2, 0.25) is 0 Å². The Morgan fingerprint density at radius 2 is 0.750 bits per heavy atom. The number of allylic oxidation sites excluding steroid dienone is 2. The first-order chi connectivity index (χ1) is 17.7. The first-order valence-electron chi connectivity index (χ1n) is 16.7. The Hall–Kier alpha value is -0.790. The van der Waals surface area contributed by atoms with E-state index in [0.717, 1.165) is 12.8 Å². The van der Waals surface area contributed by atoms with Crippen LogP contribution >= 0.6 is 0 Å². The number of nitrogens with two attached hydrogens (primary N) is 1. The van der Waals surface area contributed by atoms with E-state index in [-0.39, 0.29) is 11.8 Å². The molecule has 0 aliphatic heterocycles. The molecule has 1 unspecified atom stereocenters. The van der Waals surface area contributed by atoms with Crippen molar-refractivity contribution in [2.24, 2.45) is 11.7 Å². The molecule has 0 radical (unpaired) electrons. The molecule has 0 heterocycles. The molecule has 0 aromatic heterocycles. The Bertz CT molecular complexity index is 458. The fourth-order valence-electron chi connectivity index (χ4n) is 5.30. The predicted molar refractivity (Wildman–Crippen MR) is 162 cm³/mol.